The second kappa shape index (κ2) is 7.39. The Morgan fingerprint density at radius 3 is 2.79 bits per heavy atom. The monoisotopic (exact) mass is 326 g/mol. The van der Waals surface area contributed by atoms with E-state index < -0.39 is 0 Å². The maximum atomic E-state index is 5.95. The molecule has 1 aliphatic heterocycles. The van der Waals surface area contributed by atoms with E-state index in [4.69, 9.17) is 4.74 Å². The third-order valence-corrected chi connectivity index (χ3v) is 4.11. The normalized spacial score (nSPS) is 22.4. The zero-order valence-corrected chi connectivity index (χ0v) is 13.3. The number of nitrogens with zero attached hydrogens (tertiary/aromatic N) is 1. The van der Waals surface area contributed by atoms with Gasteiger partial charge in [0.25, 0.3) is 0 Å². The third-order valence-electron chi connectivity index (χ3n) is 3.58. The molecule has 1 aliphatic rings. The lowest BCUT2D eigenvalue weighted by atomic mass is 10.00. The Hall–Kier alpha value is -0.420. The summed E-state index contributed by atoms with van der Waals surface area (Å²) in [6, 6.07) is 8.95. The summed E-state index contributed by atoms with van der Waals surface area (Å²) in [5.41, 5.74) is 1.35. The summed E-state index contributed by atoms with van der Waals surface area (Å²) < 4.78 is 7.08. The van der Waals surface area contributed by atoms with E-state index in [-0.39, 0.29) is 6.10 Å². The standard InChI is InChI=1S/C15H23BrN2O/c1-3-17-14(15-11-18(2)8-9-19-15)10-12-4-6-13(16)7-5-12/h4-7,14-15,17H,3,8-11H2,1-2H3. The smallest absolute Gasteiger partial charge is 0.0858 e. The SMILES string of the molecule is CCNC(Cc1ccc(Br)cc1)C1CN(C)CCO1. The van der Waals surface area contributed by atoms with Gasteiger partial charge in [-0.05, 0) is 37.7 Å². The zero-order valence-electron chi connectivity index (χ0n) is 11.7. The lowest BCUT2D eigenvalue weighted by Crippen LogP contribution is -2.52. The maximum absolute atomic E-state index is 5.95. The average molecular weight is 327 g/mol. The van der Waals surface area contributed by atoms with Gasteiger partial charge in [0.2, 0.25) is 0 Å². The number of likely N-dealkylation sites (N-methyl/N-ethyl adjacent to an activating group) is 2. The number of ether oxygens (including phenoxy) is 1. The van der Waals surface area contributed by atoms with Crippen LogP contribution < -0.4 is 5.32 Å². The van der Waals surface area contributed by atoms with Gasteiger partial charge in [0.05, 0.1) is 12.7 Å². The lowest BCUT2D eigenvalue weighted by molar-refractivity contribution is -0.0381. The number of hydrogen-bond acceptors (Lipinski definition) is 3. The fourth-order valence-electron chi connectivity index (χ4n) is 2.53. The van der Waals surface area contributed by atoms with Gasteiger partial charge in [0, 0.05) is 23.6 Å². The van der Waals surface area contributed by atoms with Gasteiger partial charge in [-0.15, -0.1) is 0 Å². The predicted octanol–water partition coefficient (Wildman–Crippen LogP) is 2.30. The van der Waals surface area contributed by atoms with Crippen LogP contribution in [0.15, 0.2) is 28.7 Å². The molecule has 106 valence electrons. The maximum Gasteiger partial charge on any atom is 0.0858 e. The average Bonchev–Trinajstić information content (AvgIpc) is 2.41. The molecule has 0 bridgehead atoms. The number of morpholine rings is 1. The molecule has 4 heteroatoms. The van der Waals surface area contributed by atoms with Crippen LogP contribution in [-0.4, -0.2) is 50.3 Å². The summed E-state index contributed by atoms with van der Waals surface area (Å²) >= 11 is 3.48. The van der Waals surface area contributed by atoms with Gasteiger partial charge < -0.3 is 15.0 Å². The van der Waals surface area contributed by atoms with Crippen LogP contribution in [0.2, 0.25) is 0 Å². The first-order chi connectivity index (χ1) is 9.19. The van der Waals surface area contributed by atoms with Crippen LogP contribution >= 0.6 is 15.9 Å². The van der Waals surface area contributed by atoms with Gasteiger partial charge in [-0.25, -0.2) is 0 Å². The molecule has 0 saturated carbocycles. The number of halogens is 1. The van der Waals surface area contributed by atoms with E-state index in [1.807, 2.05) is 0 Å². The van der Waals surface area contributed by atoms with E-state index in [1.165, 1.54) is 5.56 Å². The van der Waals surface area contributed by atoms with Crippen molar-refractivity contribution in [2.24, 2.45) is 0 Å². The highest BCUT2D eigenvalue weighted by atomic mass is 79.9. The van der Waals surface area contributed by atoms with Crippen molar-refractivity contribution in [2.75, 3.05) is 33.3 Å². The first kappa shape index (κ1) is 15.0. The molecule has 0 spiro atoms. The molecule has 0 amide bonds. The Labute approximate surface area is 124 Å². The molecular weight excluding hydrogens is 304 g/mol. The van der Waals surface area contributed by atoms with Gasteiger partial charge >= 0.3 is 0 Å². The van der Waals surface area contributed by atoms with E-state index in [0.29, 0.717) is 6.04 Å². The van der Waals surface area contributed by atoms with Crippen molar-refractivity contribution < 1.29 is 4.74 Å². The van der Waals surface area contributed by atoms with Gasteiger partial charge in [0.1, 0.15) is 0 Å². The van der Waals surface area contributed by atoms with Crippen LogP contribution in [-0.2, 0) is 11.2 Å². The Balaban J connectivity index is 2.00. The Morgan fingerprint density at radius 1 is 1.42 bits per heavy atom. The molecule has 1 N–H and O–H groups in total. The summed E-state index contributed by atoms with van der Waals surface area (Å²) in [4.78, 5) is 2.35. The summed E-state index contributed by atoms with van der Waals surface area (Å²) in [5, 5.41) is 3.57. The summed E-state index contributed by atoms with van der Waals surface area (Å²) in [6.45, 7) is 6.01. The highest BCUT2D eigenvalue weighted by Crippen LogP contribution is 2.15. The minimum atomic E-state index is 0.280. The van der Waals surface area contributed by atoms with Gasteiger partial charge in [-0.3, -0.25) is 0 Å². The molecule has 0 radical (unpaired) electrons. The molecule has 1 fully saturated rings. The molecule has 1 aromatic carbocycles. The van der Waals surface area contributed by atoms with Crippen LogP contribution in [0.25, 0.3) is 0 Å². The highest BCUT2D eigenvalue weighted by molar-refractivity contribution is 9.10. The number of benzene rings is 1. The molecule has 1 heterocycles. The number of hydrogen-bond donors (Lipinski definition) is 1. The molecule has 3 nitrogen and oxygen atoms in total. The van der Waals surface area contributed by atoms with Crippen LogP contribution in [0, 0.1) is 0 Å². The van der Waals surface area contributed by atoms with Crippen LogP contribution in [0.1, 0.15) is 12.5 Å². The first-order valence-corrected chi connectivity index (χ1v) is 7.76. The minimum absolute atomic E-state index is 0.280. The first-order valence-electron chi connectivity index (χ1n) is 6.97. The second-order valence-corrected chi connectivity index (χ2v) is 6.08. The van der Waals surface area contributed by atoms with E-state index >= 15 is 0 Å². The Bertz CT molecular complexity index is 382. The molecule has 19 heavy (non-hydrogen) atoms. The number of rotatable bonds is 5. The van der Waals surface area contributed by atoms with E-state index in [2.05, 4.69) is 64.4 Å². The Morgan fingerprint density at radius 2 is 2.16 bits per heavy atom. The largest absolute Gasteiger partial charge is 0.374 e. The molecule has 2 rings (SSSR count). The second-order valence-electron chi connectivity index (χ2n) is 5.17. The fourth-order valence-corrected chi connectivity index (χ4v) is 2.79. The zero-order chi connectivity index (χ0) is 13.7. The summed E-state index contributed by atoms with van der Waals surface area (Å²) in [5.74, 6) is 0. The quantitative estimate of drug-likeness (QED) is 0.898. The fraction of sp³-hybridized carbons (Fsp3) is 0.600. The summed E-state index contributed by atoms with van der Waals surface area (Å²) in [7, 11) is 2.16. The van der Waals surface area contributed by atoms with Gasteiger partial charge in [-0.1, -0.05) is 35.0 Å². The van der Waals surface area contributed by atoms with Crippen LogP contribution in [0.4, 0.5) is 0 Å². The van der Waals surface area contributed by atoms with Crippen LogP contribution in [0.5, 0.6) is 0 Å². The molecule has 1 saturated heterocycles. The van der Waals surface area contributed by atoms with Crippen molar-refractivity contribution in [1.82, 2.24) is 10.2 Å². The van der Waals surface area contributed by atoms with Crippen LogP contribution in [0.3, 0.4) is 0 Å². The van der Waals surface area contributed by atoms with Crippen molar-refractivity contribution in [1.29, 1.82) is 0 Å². The van der Waals surface area contributed by atoms with Gasteiger partial charge in [0.15, 0.2) is 0 Å². The Kier molecular flexibility index (Phi) is 5.82. The molecule has 1 aromatic rings. The van der Waals surface area contributed by atoms with Crippen molar-refractivity contribution in [3.63, 3.8) is 0 Å². The molecular formula is C15H23BrN2O. The molecule has 2 atom stereocenters. The molecule has 0 aromatic heterocycles. The van der Waals surface area contributed by atoms with Crippen molar-refractivity contribution in [2.45, 2.75) is 25.5 Å². The minimum Gasteiger partial charge on any atom is -0.374 e. The van der Waals surface area contributed by atoms with E-state index in [1.54, 1.807) is 0 Å². The lowest BCUT2D eigenvalue weighted by Gasteiger charge is -2.35. The molecule has 2 unspecified atom stereocenters. The third kappa shape index (κ3) is 4.56. The highest BCUT2D eigenvalue weighted by Gasteiger charge is 2.26. The topological polar surface area (TPSA) is 24.5 Å². The van der Waals surface area contributed by atoms with Crippen molar-refractivity contribution in [3.05, 3.63) is 34.3 Å². The predicted molar refractivity (Wildman–Crippen MR) is 82.5 cm³/mol. The van der Waals surface area contributed by atoms with Crippen molar-refractivity contribution >= 4 is 15.9 Å². The van der Waals surface area contributed by atoms with E-state index in [0.717, 1.165) is 37.1 Å². The van der Waals surface area contributed by atoms with Gasteiger partial charge in [-0.2, -0.15) is 0 Å². The number of nitrogens with one attached hydrogen (secondary N) is 1. The van der Waals surface area contributed by atoms with Crippen molar-refractivity contribution in [3.8, 4) is 0 Å². The molecule has 0 aliphatic carbocycles. The van der Waals surface area contributed by atoms with E-state index in [9.17, 15) is 0 Å². The summed E-state index contributed by atoms with van der Waals surface area (Å²) in [6.07, 6.45) is 1.29.